The molecule has 0 heterocycles. The van der Waals surface area contributed by atoms with Crippen LogP contribution < -0.4 is 5.73 Å². The Balaban J connectivity index is 2.88. The van der Waals surface area contributed by atoms with Crippen molar-refractivity contribution in [2.24, 2.45) is 0 Å². The van der Waals surface area contributed by atoms with Gasteiger partial charge in [-0.15, -0.1) is 0 Å². The number of para-hydroxylation sites is 1. The second kappa shape index (κ2) is 6.95. The quantitative estimate of drug-likeness (QED) is 0.610. The van der Waals surface area contributed by atoms with Gasteiger partial charge < -0.3 is 10.8 Å². The summed E-state index contributed by atoms with van der Waals surface area (Å²) in [6.07, 6.45) is 2.03. The standard InChI is InChI=1S/C15H22N2O2/c1-11(2)8-9-17(12(3)15(18)19)10-13-6-4-5-7-14(13)16/h4-8,12H,9-10,16H2,1-3H3,(H,18,19)/t12-/m0/s1. The van der Waals surface area contributed by atoms with Gasteiger partial charge in [0.2, 0.25) is 0 Å². The molecular formula is C15H22N2O2. The van der Waals surface area contributed by atoms with Gasteiger partial charge in [0.25, 0.3) is 0 Å². The molecule has 4 nitrogen and oxygen atoms in total. The van der Waals surface area contributed by atoms with Crippen LogP contribution in [0, 0.1) is 0 Å². The molecule has 0 amide bonds. The lowest BCUT2D eigenvalue weighted by molar-refractivity contribution is -0.142. The number of aliphatic carboxylic acids is 1. The molecule has 0 fully saturated rings. The van der Waals surface area contributed by atoms with E-state index in [0.29, 0.717) is 18.8 Å². The predicted octanol–water partition coefficient (Wildman–Crippen LogP) is 2.51. The van der Waals surface area contributed by atoms with Crippen molar-refractivity contribution < 1.29 is 9.90 Å². The first-order valence-corrected chi connectivity index (χ1v) is 6.35. The second-order valence-electron chi connectivity index (χ2n) is 4.92. The molecule has 0 aliphatic heterocycles. The first kappa shape index (κ1) is 15.2. The molecule has 104 valence electrons. The third-order valence-electron chi connectivity index (χ3n) is 3.07. The Morgan fingerprint density at radius 2 is 2.05 bits per heavy atom. The fourth-order valence-corrected chi connectivity index (χ4v) is 1.71. The Morgan fingerprint density at radius 1 is 1.42 bits per heavy atom. The number of hydrogen-bond donors (Lipinski definition) is 2. The minimum absolute atomic E-state index is 0.532. The van der Waals surface area contributed by atoms with E-state index in [9.17, 15) is 9.90 Å². The smallest absolute Gasteiger partial charge is 0.320 e. The molecule has 19 heavy (non-hydrogen) atoms. The average molecular weight is 262 g/mol. The topological polar surface area (TPSA) is 66.6 Å². The molecule has 0 aliphatic rings. The molecular weight excluding hydrogens is 240 g/mol. The number of allylic oxidation sites excluding steroid dienone is 1. The van der Waals surface area contributed by atoms with Crippen LogP contribution in [-0.2, 0) is 11.3 Å². The summed E-state index contributed by atoms with van der Waals surface area (Å²) >= 11 is 0. The predicted molar refractivity (Wildman–Crippen MR) is 77.8 cm³/mol. The van der Waals surface area contributed by atoms with Gasteiger partial charge in [-0.05, 0) is 32.4 Å². The van der Waals surface area contributed by atoms with Gasteiger partial charge in [-0.3, -0.25) is 9.69 Å². The lowest BCUT2D eigenvalue weighted by Gasteiger charge is -2.25. The van der Waals surface area contributed by atoms with Crippen LogP contribution in [0.3, 0.4) is 0 Å². The number of carbonyl (C=O) groups is 1. The number of nitrogens with zero attached hydrogens (tertiary/aromatic N) is 1. The summed E-state index contributed by atoms with van der Waals surface area (Å²) in [6, 6.07) is 7.00. The van der Waals surface area contributed by atoms with E-state index in [1.54, 1.807) is 6.92 Å². The van der Waals surface area contributed by atoms with Gasteiger partial charge in [0.05, 0.1) is 0 Å². The van der Waals surface area contributed by atoms with Crippen LogP contribution in [0.25, 0.3) is 0 Å². The SMILES string of the molecule is CC(C)=CCN(Cc1ccccc1N)[C@@H](C)C(=O)O. The lowest BCUT2D eigenvalue weighted by Crippen LogP contribution is -2.38. The molecule has 0 unspecified atom stereocenters. The van der Waals surface area contributed by atoms with E-state index in [-0.39, 0.29) is 0 Å². The van der Waals surface area contributed by atoms with E-state index in [0.717, 1.165) is 5.56 Å². The van der Waals surface area contributed by atoms with Crippen LogP contribution in [0.15, 0.2) is 35.9 Å². The van der Waals surface area contributed by atoms with Crippen molar-refractivity contribution in [2.45, 2.75) is 33.4 Å². The highest BCUT2D eigenvalue weighted by molar-refractivity contribution is 5.73. The Labute approximate surface area is 114 Å². The maximum Gasteiger partial charge on any atom is 0.320 e. The highest BCUT2D eigenvalue weighted by Crippen LogP contribution is 2.15. The van der Waals surface area contributed by atoms with Crippen molar-refractivity contribution in [1.29, 1.82) is 0 Å². The van der Waals surface area contributed by atoms with Crippen LogP contribution in [0.1, 0.15) is 26.3 Å². The summed E-state index contributed by atoms with van der Waals surface area (Å²) in [6.45, 7) is 6.83. The van der Waals surface area contributed by atoms with Crippen molar-refractivity contribution in [3.63, 3.8) is 0 Å². The molecule has 1 rings (SSSR count). The zero-order valence-electron chi connectivity index (χ0n) is 11.8. The number of nitrogens with two attached hydrogens (primary N) is 1. The van der Waals surface area contributed by atoms with Crippen LogP contribution >= 0.6 is 0 Å². The van der Waals surface area contributed by atoms with Gasteiger partial charge in [-0.1, -0.05) is 29.8 Å². The number of carboxylic acid groups (broad SMARTS) is 1. The molecule has 4 heteroatoms. The summed E-state index contributed by atoms with van der Waals surface area (Å²) < 4.78 is 0. The van der Waals surface area contributed by atoms with Gasteiger partial charge in [-0.2, -0.15) is 0 Å². The zero-order chi connectivity index (χ0) is 14.4. The van der Waals surface area contributed by atoms with Crippen molar-refractivity contribution in [3.05, 3.63) is 41.5 Å². The normalized spacial score (nSPS) is 12.2. The van der Waals surface area contributed by atoms with Crippen molar-refractivity contribution >= 4 is 11.7 Å². The lowest BCUT2D eigenvalue weighted by atomic mass is 10.1. The number of benzene rings is 1. The number of carboxylic acids is 1. The number of hydrogen-bond acceptors (Lipinski definition) is 3. The summed E-state index contributed by atoms with van der Waals surface area (Å²) in [7, 11) is 0. The number of anilines is 1. The van der Waals surface area contributed by atoms with Gasteiger partial charge >= 0.3 is 5.97 Å². The number of rotatable bonds is 6. The van der Waals surface area contributed by atoms with Crippen LogP contribution in [0.5, 0.6) is 0 Å². The minimum atomic E-state index is -0.823. The molecule has 0 aliphatic carbocycles. The maximum atomic E-state index is 11.2. The summed E-state index contributed by atoms with van der Waals surface area (Å²) in [4.78, 5) is 13.1. The third kappa shape index (κ3) is 4.75. The molecule has 1 atom stereocenters. The maximum absolute atomic E-state index is 11.2. The molecule has 0 spiro atoms. The Kier molecular flexibility index (Phi) is 5.57. The van der Waals surface area contributed by atoms with Gasteiger partial charge in [0.15, 0.2) is 0 Å². The van der Waals surface area contributed by atoms with E-state index in [1.165, 1.54) is 5.57 Å². The molecule has 0 aromatic heterocycles. The van der Waals surface area contributed by atoms with E-state index < -0.39 is 12.0 Å². The van der Waals surface area contributed by atoms with Gasteiger partial charge in [0.1, 0.15) is 6.04 Å². The van der Waals surface area contributed by atoms with Crippen molar-refractivity contribution in [1.82, 2.24) is 4.90 Å². The summed E-state index contributed by atoms with van der Waals surface area (Å²) in [5.74, 6) is -0.823. The van der Waals surface area contributed by atoms with Crippen molar-refractivity contribution in [3.8, 4) is 0 Å². The fourth-order valence-electron chi connectivity index (χ4n) is 1.71. The minimum Gasteiger partial charge on any atom is -0.480 e. The third-order valence-corrected chi connectivity index (χ3v) is 3.07. The van der Waals surface area contributed by atoms with Crippen LogP contribution in [-0.4, -0.2) is 28.6 Å². The molecule has 0 radical (unpaired) electrons. The molecule has 0 bridgehead atoms. The van der Waals surface area contributed by atoms with Crippen LogP contribution in [0.2, 0.25) is 0 Å². The van der Waals surface area contributed by atoms with E-state index >= 15 is 0 Å². The molecule has 0 saturated carbocycles. The second-order valence-corrected chi connectivity index (χ2v) is 4.92. The summed E-state index contributed by atoms with van der Waals surface area (Å²) in [5.41, 5.74) is 8.73. The Morgan fingerprint density at radius 3 is 2.58 bits per heavy atom. The highest BCUT2D eigenvalue weighted by atomic mass is 16.4. The number of nitrogen functional groups attached to an aromatic ring is 1. The Hall–Kier alpha value is -1.81. The molecule has 1 aromatic rings. The van der Waals surface area contributed by atoms with E-state index in [4.69, 9.17) is 5.73 Å². The Bertz CT molecular complexity index is 465. The first-order valence-electron chi connectivity index (χ1n) is 6.35. The van der Waals surface area contributed by atoms with Crippen LogP contribution in [0.4, 0.5) is 5.69 Å². The van der Waals surface area contributed by atoms with Gasteiger partial charge in [-0.25, -0.2) is 0 Å². The molecule has 0 saturated heterocycles. The first-order chi connectivity index (χ1) is 8.91. The van der Waals surface area contributed by atoms with E-state index in [1.807, 2.05) is 49.1 Å². The monoisotopic (exact) mass is 262 g/mol. The zero-order valence-corrected chi connectivity index (χ0v) is 11.8. The average Bonchev–Trinajstić information content (AvgIpc) is 2.35. The largest absolute Gasteiger partial charge is 0.480 e. The van der Waals surface area contributed by atoms with Gasteiger partial charge in [0, 0.05) is 18.8 Å². The van der Waals surface area contributed by atoms with E-state index in [2.05, 4.69) is 0 Å². The molecule has 1 aromatic carbocycles. The fraction of sp³-hybridized carbons (Fsp3) is 0.400. The summed E-state index contributed by atoms with van der Waals surface area (Å²) in [5, 5.41) is 9.17. The van der Waals surface area contributed by atoms with Crippen molar-refractivity contribution in [2.75, 3.05) is 12.3 Å². The highest BCUT2D eigenvalue weighted by Gasteiger charge is 2.20. The molecule has 3 N–H and O–H groups in total.